The molecule has 0 aromatic carbocycles. The van der Waals surface area contributed by atoms with Gasteiger partial charge in [-0.05, 0) is 6.92 Å². The molecule has 0 saturated heterocycles. The number of amides is 1. The molecule has 0 aliphatic rings. The van der Waals surface area contributed by atoms with E-state index in [1.54, 1.807) is 49.5 Å². The van der Waals surface area contributed by atoms with Crippen LogP contribution >= 0.6 is 0 Å². The maximum absolute atomic E-state index is 12.0. The average Bonchev–Trinajstić information content (AvgIpc) is 2.96. The molecule has 1 amide bonds. The highest BCUT2D eigenvalue weighted by molar-refractivity contribution is 5.85. The van der Waals surface area contributed by atoms with Gasteiger partial charge in [-0.1, -0.05) is 0 Å². The van der Waals surface area contributed by atoms with E-state index in [9.17, 15) is 4.79 Å². The van der Waals surface area contributed by atoms with Gasteiger partial charge in [0.2, 0.25) is 0 Å². The van der Waals surface area contributed by atoms with Crippen LogP contribution in [0.5, 0.6) is 5.88 Å². The highest BCUT2D eigenvalue weighted by Crippen LogP contribution is 2.23. The van der Waals surface area contributed by atoms with Crippen molar-refractivity contribution in [2.45, 2.75) is 6.92 Å². The molecule has 0 bridgehead atoms. The van der Waals surface area contributed by atoms with Crippen molar-refractivity contribution < 1.29 is 9.53 Å². The van der Waals surface area contributed by atoms with E-state index in [0.717, 1.165) is 0 Å². The fourth-order valence-corrected chi connectivity index (χ4v) is 1.81. The largest absolute Gasteiger partial charge is 0.419 e. The van der Waals surface area contributed by atoms with Crippen LogP contribution in [0, 0.1) is 6.92 Å². The van der Waals surface area contributed by atoms with E-state index in [2.05, 4.69) is 35.7 Å². The van der Waals surface area contributed by atoms with Gasteiger partial charge in [0.25, 0.3) is 5.88 Å². The van der Waals surface area contributed by atoms with Crippen LogP contribution in [0.4, 0.5) is 22.1 Å². The number of anilines is 3. The van der Waals surface area contributed by atoms with Gasteiger partial charge in [-0.25, -0.2) is 24.7 Å². The molecular weight excluding hydrogens is 312 g/mol. The normalized spacial score (nSPS) is 10.2. The summed E-state index contributed by atoms with van der Waals surface area (Å²) in [6.07, 6.45) is 7.06. The summed E-state index contributed by atoms with van der Waals surface area (Å²) in [6.45, 7) is 1.74. The molecule has 3 heterocycles. The Bertz CT molecular complexity index is 849. The van der Waals surface area contributed by atoms with Crippen LogP contribution in [0.15, 0.2) is 37.2 Å². The average molecular weight is 326 g/mol. The maximum Gasteiger partial charge on any atom is 0.419 e. The Morgan fingerprint density at radius 1 is 1.25 bits per heavy atom. The van der Waals surface area contributed by atoms with E-state index < -0.39 is 6.09 Å². The van der Waals surface area contributed by atoms with E-state index >= 15 is 0 Å². The van der Waals surface area contributed by atoms with Gasteiger partial charge in [-0.15, -0.1) is 0 Å². The topological polar surface area (TPSA) is 120 Å². The first-order chi connectivity index (χ1) is 11.6. The minimum absolute atomic E-state index is 0.0345. The first kappa shape index (κ1) is 15.3. The molecule has 3 aromatic rings. The Labute approximate surface area is 137 Å². The molecule has 122 valence electrons. The van der Waals surface area contributed by atoms with Crippen LogP contribution in [0.3, 0.4) is 0 Å². The standard InChI is InChI=1S/C14H14N8O2/c1-9-5-17-12(19-10-6-15-8-16-7-10)13(18-9)24-14(23)20-11-3-4-22(2)21-11/h3-8H,1-2H3,(H,17,19)(H,20,21,23). The summed E-state index contributed by atoms with van der Waals surface area (Å²) in [5.41, 5.74) is 1.19. The van der Waals surface area contributed by atoms with Crippen molar-refractivity contribution in [3.63, 3.8) is 0 Å². The fraction of sp³-hybridized carbons (Fsp3) is 0.143. The van der Waals surface area contributed by atoms with Gasteiger partial charge in [-0.2, -0.15) is 5.10 Å². The summed E-state index contributed by atoms with van der Waals surface area (Å²) in [6, 6.07) is 1.64. The van der Waals surface area contributed by atoms with Crippen molar-refractivity contribution in [2.75, 3.05) is 10.6 Å². The molecule has 0 atom stereocenters. The predicted octanol–water partition coefficient (Wildman–Crippen LogP) is 1.66. The number of nitrogens with one attached hydrogen (secondary N) is 2. The smallest absolute Gasteiger partial charge is 0.387 e. The Balaban J connectivity index is 1.76. The second-order valence-electron chi connectivity index (χ2n) is 4.81. The Hall–Kier alpha value is -3.56. The lowest BCUT2D eigenvalue weighted by molar-refractivity contribution is 0.213. The van der Waals surface area contributed by atoms with Gasteiger partial charge in [0.15, 0.2) is 11.6 Å². The molecule has 3 rings (SSSR count). The Morgan fingerprint density at radius 2 is 2.04 bits per heavy atom. The molecule has 0 aliphatic carbocycles. The number of hydrogen-bond acceptors (Lipinski definition) is 8. The number of carbonyl (C=O) groups excluding carboxylic acids is 1. The van der Waals surface area contributed by atoms with Crippen molar-refractivity contribution in [3.8, 4) is 5.88 Å². The summed E-state index contributed by atoms with van der Waals surface area (Å²) in [5, 5.41) is 9.49. The predicted molar refractivity (Wildman–Crippen MR) is 84.9 cm³/mol. The number of rotatable bonds is 4. The van der Waals surface area contributed by atoms with Crippen LogP contribution in [0.25, 0.3) is 0 Å². The molecule has 0 unspecified atom stereocenters. The summed E-state index contributed by atoms with van der Waals surface area (Å²) in [7, 11) is 1.74. The molecule has 0 aliphatic heterocycles. The molecule has 0 saturated carbocycles. The number of nitrogens with zero attached hydrogens (tertiary/aromatic N) is 6. The minimum Gasteiger partial charge on any atom is -0.387 e. The van der Waals surface area contributed by atoms with Crippen LogP contribution in [0.1, 0.15) is 5.69 Å². The molecule has 24 heavy (non-hydrogen) atoms. The molecule has 0 radical (unpaired) electrons. The first-order valence-corrected chi connectivity index (χ1v) is 6.94. The van der Waals surface area contributed by atoms with E-state index in [1.807, 2.05) is 0 Å². The van der Waals surface area contributed by atoms with Crippen LogP contribution < -0.4 is 15.4 Å². The third kappa shape index (κ3) is 3.80. The quantitative estimate of drug-likeness (QED) is 0.743. The highest BCUT2D eigenvalue weighted by atomic mass is 16.6. The monoisotopic (exact) mass is 326 g/mol. The van der Waals surface area contributed by atoms with Gasteiger partial charge in [0.05, 0.1) is 30.0 Å². The van der Waals surface area contributed by atoms with Crippen molar-refractivity contribution in [3.05, 3.63) is 42.9 Å². The van der Waals surface area contributed by atoms with Gasteiger partial charge >= 0.3 is 6.09 Å². The van der Waals surface area contributed by atoms with Gasteiger partial charge in [0, 0.05) is 19.3 Å². The Kier molecular flexibility index (Phi) is 4.27. The number of hydrogen-bond donors (Lipinski definition) is 2. The number of carbonyl (C=O) groups is 1. The maximum atomic E-state index is 12.0. The van der Waals surface area contributed by atoms with E-state index in [0.29, 0.717) is 17.2 Å². The molecular formula is C14H14N8O2. The third-order valence-electron chi connectivity index (χ3n) is 2.82. The van der Waals surface area contributed by atoms with Gasteiger partial charge in [-0.3, -0.25) is 10.00 Å². The second-order valence-corrected chi connectivity index (χ2v) is 4.81. The molecule has 10 nitrogen and oxygen atoms in total. The third-order valence-corrected chi connectivity index (χ3v) is 2.82. The Morgan fingerprint density at radius 3 is 2.75 bits per heavy atom. The van der Waals surface area contributed by atoms with Crippen molar-refractivity contribution in [1.82, 2.24) is 29.7 Å². The number of aromatic nitrogens is 6. The second kappa shape index (κ2) is 6.69. The van der Waals surface area contributed by atoms with E-state index in [4.69, 9.17) is 4.74 Å². The molecule has 0 fully saturated rings. The fourth-order valence-electron chi connectivity index (χ4n) is 1.81. The number of ether oxygens (including phenoxy) is 1. The zero-order valence-corrected chi connectivity index (χ0v) is 13.0. The number of aryl methyl sites for hydroxylation is 2. The summed E-state index contributed by atoms with van der Waals surface area (Å²) in [5.74, 6) is 0.674. The summed E-state index contributed by atoms with van der Waals surface area (Å²) in [4.78, 5) is 28.2. The van der Waals surface area contributed by atoms with E-state index in [-0.39, 0.29) is 11.7 Å². The van der Waals surface area contributed by atoms with Crippen molar-refractivity contribution >= 4 is 23.4 Å². The summed E-state index contributed by atoms with van der Waals surface area (Å²) >= 11 is 0. The highest BCUT2D eigenvalue weighted by Gasteiger charge is 2.14. The summed E-state index contributed by atoms with van der Waals surface area (Å²) < 4.78 is 6.80. The van der Waals surface area contributed by atoms with E-state index in [1.165, 1.54) is 6.33 Å². The van der Waals surface area contributed by atoms with Crippen LogP contribution in [-0.4, -0.2) is 35.8 Å². The minimum atomic E-state index is -0.721. The van der Waals surface area contributed by atoms with Crippen LogP contribution in [0.2, 0.25) is 0 Å². The van der Waals surface area contributed by atoms with Crippen molar-refractivity contribution in [2.24, 2.45) is 7.05 Å². The lowest BCUT2D eigenvalue weighted by Gasteiger charge is -2.10. The van der Waals surface area contributed by atoms with Gasteiger partial charge < -0.3 is 10.1 Å². The van der Waals surface area contributed by atoms with Crippen LogP contribution in [-0.2, 0) is 7.05 Å². The lowest BCUT2D eigenvalue weighted by atomic mass is 10.4. The van der Waals surface area contributed by atoms with Gasteiger partial charge in [0.1, 0.15) is 6.33 Å². The SMILES string of the molecule is Cc1cnc(Nc2cncnc2)c(OC(=O)Nc2ccn(C)n2)n1. The van der Waals surface area contributed by atoms with Crippen molar-refractivity contribution in [1.29, 1.82) is 0 Å². The lowest BCUT2D eigenvalue weighted by Crippen LogP contribution is -2.19. The molecule has 3 aromatic heterocycles. The molecule has 2 N–H and O–H groups in total. The molecule has 0 spiro atoms. The first-order valence-electron chi connectivity index (χ1n) is 6.94. The molecule has 10 heteroatoms. The zero-order chi connectivity index (χ0) is 16.9. The zero-order valence-electron chi connectivity index (χ0n) is 13.0.